The molecule has 0 aromatic heterocycles. The van der Waals surface area contributed by atoms with Crippen molar-refractivity contribution in [3.05, 3.63) is 34.9 Å². The van der Waals surface area contributed by atoms with Gasteiger partial charge < -0.3 is 5.73 Å². The predicted octanol–water partition coefficient (Wildman–Crippen LogP) is 2.27. The van der Waals surface area contributed by atoms with Gasteiger partial charge in [0.25, 0.3) is 0 Å². The molecule has 1 rings (SSSR count). The lowest BCUT2D eigenvalue weighted by molar-refractivity contribution is 0.436. The molecular weight excluding hydrogens is 153 g/mol. The maximum atomic E-state index is 12.2. The smallest absolute Gasteiger partial charge is 0.109 e. The van der Waals surface area contributed by atoms with E-state index in [2.05, 4.69) is 0 Å². The number of alkyl halides is 1. The molecule has 0 radical (unpaired) electrons. The van der Waals surface area contributed by atoms with Gasteiger partial charge in [-0.05, 0) is 25.0 Å². The second-order valence-electron chi connectivity index (χ2n) is 3.12. The third-order valence-electron chi connectivity index (χ3n) is 1.99. The van der Waals surface area contributed by atoms with Crippen molar-refractivity contribution in [3.63, 3.8) is 0 Å². The second kappa shape index (κ2) is 3.68. The molecule has 1 aromatic carbocycles. The van der Waals surface area contributed by atoms with E-state index in [9.17, 15) is 4.39 Å². The van der Waals surface area contributed by atoms with Crippen LogP contribution in [-0.2, 0) is 0 Å². The maximum Gasteiger partial charge on any atom is 0.109 e. The second-order valence-corrected chi connectivity index (χ2v) is 3.12. The molecule has 2 heteroatoms. The highest BCUT2D eigenvalue weighted by atomic mass is 19.1. The lowest BCUT2D eigenvalue weighted by Gasteiger charge is -2.11. The molecule has 66 valence electrons. The molecule has 0 saturated carbocycles. The van der Waals surface area contributed by atoms with Gasteiger partial charge in [0, 0.05) is 0 Å². The van der Waals surface area contributed by atoms with Gasteiger partial charge in [-0.2, -0.15) is 0 Å². The van der Waals surface area contributed by atoms with E-state index in [-0.39, 0.29) is 0 Å². The van der Waals surface area contributed by atoms with Crippen molar-refractivity contribution < 1.29 is 4.39 Å². The number of hydrogen-bond donors (Lipinski definition) is 1. The van der Waals surface area contributed by atoms with Crippen LogP contribution in [-0.4, -0.2) is 6.67 Å². The number of nitrogens with two attached hydrogens (primary N) is 1. The Labute approximate surface area is 72.4 Å². The van der Waals surface area contributed by atoms with Gasteiger partial charge in [-0.1, -0.05) is 23.8 Å². The monoisotopic (exact) mass is 167 g/mol. The Bertz CT molecular complexity index is 271. The van der Waals surface area contributed by atoms with Crippen LogP contribution in [0.1, 0.15) is 22.7 Å². The lowest BCUT2D eigenvalue weighted by Crippen LogP contribution is -2.13. The largest absolute Gasteiger partial charge is 0.322 e. The lowest BCUT2D eigenvalue weighted by atomic mass is 10.0. The summed E-state index contributed by atoms with van der Waals surface area (Å²) in [4.78, 5) is 0. The summed E-state index contributed by atoms with van der Waals surface area (Å²) in [5.41, 5.74) is 8.73. The van der Waals surface area contributed by atoms with E-state index in [0.29, 0.717) is 0 Å². The van der Waals surface area contributed by atoms with Gasteiger partial charge in [0.15, 0.2) is 0 Å². The highest BCUT2D eigenvalue weighted by molar-refractivity contribution is 5.32. The van der Waals surface area contributed by atoms with Crippen LogP contribution in [0.4, 0.5) is 4.39 Å². The van der Waals surface area contributed by atoms with Gasteiger partial charge in [0.2, 0.25) is 0 Å². The highest BCUT2D eigenvalue weighted by Crippen LogP contribution is 2.17. The first-order chi connectivity index (χ1) is 5.65. The number of rotatable bonds is 2. The van der Waals surface area contributed by atoms with Crippen LogP contribution in [0.2, 0.25) is 0 Å². The minimum Gasteiger partial charge on any atom is -0.322 e. The zero-order chi connectivity index (χ0) is 9.14. The predicted molar refractivity (Wildman–Crippen MR) is 48.8 cm³/mol. The molecule has 0 amide bonds. The fraction of sp³-hybridized carbons (Fsp3) is 0.400. The Balaban J connectivity index is 3.01. The molecule has 0 unspecified atom stereocenters. The summed E-state index contributed by atoms with van der Waals surface area (Å²) in [7, 11) is 0. The minimum atomic E-state index is -0.496. The Hall–Kier alpha value is -0.890. The van der Waals surface area contributed by atoms with Gasteiger partial charge in [-0.3, -0.25) is 0 Å². The normalized spacial score (nSPS) is 13.0. The minimum absolute atomic E-state index is 0.467. The van der Waals surface area contributed by atoms with Crippen LogP contribution in [0.3, 0.4) is 0 Å². The van der Waals surface area contributed by atoms with Crippen molar-refractivity contribution in [3.8, 4) is 0 Å². The molecule has 1 atom stereocenters. The summed E-state index contributed by atoms with van der Waals surface area (Å²) in [5.74, 6) is 0. The first-order valence-electron chi connectivity index (χ1n) is 4.04. The summed E-state index contributed by atoms with van der Waals surface area (Å²) in [5, 5.41) is 0. The molecule has 0 heterocycles. The van der Waals surface area contributed by atoms with Crippen molar-refractivity contribution in [1.29, 1.82) is 0 Å². The fourth-order valence-corrected chi connectivity index (χ4v) is 1.32. The van der Waals surface area contributed by atoms with Crippen LogP contribution < -0.4 is 5.73 Å². The average Bonchev–Trinajstić information content (AvgIpc) is 2.03. The molecular formula is C10H14FN. The Morgan fingerprint density at radius 3 is 2.58 bits per heavy atom. The van der Waals surface area contributed by atoms with E-state index in [1.165, 1.54) is 5.56 Å². The molecule has 12 heavy (non-hydrogen) atoms. The van der Waals surface area contributed by atoms with E-state index in [0.717, 1.165) is 11.1 Å². The molecule has 1 nitrogen and oxygen atoms in total. The zero-order valence-electron chi connectivity index (χ0n) is 7.47. The highest BCUT2D eigenvalue weighted by Gasteiger charge is 2.07. The van der Waals surface area contributed by atoms with E-state index >= 15 is 0 Å². The molecule has 1 aromatic rings. The molecule has 0 spiro atoms. The summed E-state index contributed by atoms with van der Waals surface area (Å²) in [6.07, 6.45) is 0. The molecule has 0 aliphatic rings. The van der Waals surface area contributed by atoms with E-state index < -0.39 is 12.7 Å². The molecule has 0 saturated heterocycles. The summed E-state index contributed by atoms with van der Waals surface area (Å²) >= 11 is 0. The molecule has 2 N–H and O–H groups in total. The van der Waals surface area contributed by atoms with Crippen molar-refractivity contribution in [2.75, 3.05) is 6.67 Å². The fourth-order valence-electron chi connectivity index (χ4n) is 1.32. The van der Waals surface area contributed by atoms with Crippen molar-refractivity contribution in [1.82, 2.24) is 0 Å². The molecule has 0 aliphatic carbocycles. The van der Waals surface area contributed by atoms with Crippen LogP contribution in [0, 0.1) is 13.8 Å². The van der Waals surface area contributed by atoms with Crippen LogP contribution in [0.5, 0.6) is 0 Å². The average molecular weight is 167 g/mol. The third-order valence-corrected chi connectivity index (χ3v) is 1.99. The van der Waals surface area contributed by atoms with Gasteiger partial charge in [-0.25, -0.2) is 4.39 Å². The Morgan fingerprint density at radius 2 is 2.08 bits per heavy atom. The van der Waals surface area contributed by atoms with Gasteiger partial charge in [-0.15, -0.1) is 0 Å². The quantitative estimate of drug-likeness (QED) is 0.718. The standard InChI is InChI=1S/C10H14FN/c1-7-3-4-9(8(2)5-7)10(12)6-11/h3-5,10H,6,12H2,1-2H3/t10-/m1/s1. The first kappa shape index (κ1) is 9.20. The van der Waals surface area contributed by atoms with E-state index in [1.54, 1.807) is 0 Å². The maximum absolute atomic E-state index is 12.2. The molecule has 0 bridgehead atoms. The van der Waals surface area contributed by atoms with E-state index in [4.69, 9.17) is 5.73 Å². The summed E-state index contributed by atoms with van der Waals surface area (Å²) in [6.45, 7) is 3.47. The first-order valence-corrected chi connectivity index (χ1v) is 4.04. The SMILES string of the molecule is Cc1ccc([C@H](N)CF)c(C)c1. The van der Waals surface area contributed by atoms with E-state index in [1.807, 2.05) is 32.0 Å². The van der Waals surface area contributed by atoms with Gasteiger partial charge >= 0.3 is 0 Å². The number of halogens is 1. The van der Waals surface area contributed by atoms with Crippen molar-refractivity contribution in [2.45, 2.75) is 19.9 Å². The van der Waals surface area contributed by atoms with Gasteiger partial charge in [0.05, 0.1) is 6.04 Å². The van der Waals surface area contributed by atoms with Crippen molar-refractivity contribution >= 4 is 0 Å². The zero-order valence-corrected chi connectivity index (χ0v) is 7.47. The van der Waals surface area contributed by atoms with Crippen molar-refractivity contribution in [2.24, 2.45) is 5.73 Å². The Morgan fingerprint density at radius 1 is 1.42 bits per heavy atom. The molecule has 0 aliphatic heterocycles. The number of hydrogen-bond acceptors (Lipinski definition) is 1. The summed E-state index contributed by atoms with van der Waals surface area (Å²) in [6, 6.07) is 5.41. The van der Waals surface area contributed by atoms with Crippen LogP contribution >= 0.6 is 0 Å². The van der Waals surface area contributed by atoms with Crippen LogP contribution in [0.15, 0.2) is 18.2 Å². The third kappa shape index (κ3) is 1.83. The molecule has 0 fully saturated rings. The topological polar surface area (TPSA) is 26.0 Å². The number of aryl methyl sites for hydroxylation is 2. The Kier molecular flexibility index (Phi) is 2.82. The number of benzene rings is 1. The summed E-state index contributed by atoms with van der Waals surface area (Å²) < 4.78 is 12.2. The van der Waals surface area contributed by atoms with Gasteiger partial charge in [0.1, 0.15) is 6.67 Å². The van der Waals surface area contributed by atoms with Crippen LogP contribution in [0.25, 0.3) is 0 Å².